The Hall–Kier alpha value is -2.46. The van der Waals surface area contributed by atoms with Crippen molar-refractivity contribution in [3.63, 3.8) is 0 Å². The number of furan rings is 1. The standard InChI is InChI=1S/C21H21N3O4S2/c25-19(8-9-23-10-12-27-13-11-23)22-24-20(26)18(30-21(24)29)14-16-6-7-17(28-16)15-4-2-1-3-5-15/h1-7,14H,8-13H2,(H,22,25)/b18-14+. The van der Waals surface area contributed by atoms with Crippen LogP contribution in [-0.2, 0) is 14.3 Å². The van der Waals surface area contributed by atoms with Crippen molar-refractivity contribution in [3.05, 3.63) is 53.1 Å². The lowest BCUT2D eigenvalue weighted by molar-refractivity contribution is -0.133. The van der Waals surface area contributed by atoms with Crippen molar-refractivity contribution in [2.45, 2.75) is 6.42 Å². The number of benzene rings is 1. The summed E-state index contributed by atoms with van der Waals surface area (Å²) in [5.41, 5.74) is 3.57. The topological polar surface area (TPSA) is 75.0 Å². The highest BCUT2D eigenvalue weighted by Gasteiger charge is 2.34. The van der Waals surface area contributed by atoms with Crippen LogP contribution in [0.5, 0.6) is 0 Å². The van der Waals surface area contributed by atoms with E-state index in [-0.39, 0.29) is 18.2 Å². The highest BCUT2D eigenvalue weighted by Crippen LogP contribution is 2.32. The van der Waals surface area contributed by atoms with E-state index in [4.69, 9.17) is 21.4 Å². The molecule has 0 unspecified atom stereocenters. The lowest BCUT2D eigenvalue weighted by Crippen LogP contribution is -2.46. The Kier molecular flexibility index (Phi) is 6.63. The molecule has 7 nitrogen and oxygen atoms in total. The van der Waals surface area contributed by atoms with E-state index in [1.807, 2.05) is 36.4 Å². The summed E-state index contributed by atoms with van der Waals surface area (Å²) in [6.45, 7) is 3.60. The number of carbonyl (C=O) groups is 2. The Labute approximate surface area is 184 Å². The third-order valence-corrected chi connectivity index (χ3v) is 6.05. The number of ether oxygens (including phenoxy) is 1. The molecule has 2 aromatic rings. The van der Waals surface area contributed by atoms with Crippen LogP contribution < -0.4 is 5.43 Å². The van der Waals surface area contributed by atoms with Crippen LogP contribution in [0.2, 0.25) is 0 Å². The number of nitrogens with one attached hydrogen (secondary N) is 1. The molecule has 1 N–H and O–H groups in total. The number of thiocarbonyl (C=S) groups is 1. The van der Waals surface area contributed by atoms with E-state index < -0.39 is 0 Å². The lowest BCUT2D eigenvalue weighted by atomic mass is 10.2. The first-order valence-electron chi connectivity index (χ1n) is 9.63. The summed E-state index contributed by atoms with van der Waals surface area (Å²) in [6.07, 6.45) is 1.93. The van der Waals surface area contributed by atoms with Gasteiger partial charge in [-0.15, -0.1) is 0 Å². The summed E-state index contributed by atoms with van der Waals surface area (Å²) in [4.78, 5) is 27.6. The summed E-state index contributed by atoms with van der Waals surface area (Å²) in [7, 11) is 0. The van der Waals surface area contributed by atoms with Crippen LogP contribution in [0.1, 0.15) is 12.2 Å². The number of thioether (sulfide) groups is 1. The van der Waals surface area contributed by atoms with Gasteiger partial charge < -0.3 is 9.15 Å². The van der Waals surface area contributed by atoms with Crippen molar-refractivity contribution in [1.29, 1.82) is 0 Å². The van der Waals surface area contributed by atoms with Gasteiger partial charge in [0.1, 0.15) is 11.5 Å². The van der Waals surface area contributed by atoms with Gasteiger partial charge in [-0.3, -0.25) is 19.9 Å². The summed E-state index contributed by atoms with van der Waals surface area (Å²) >= 11 is 6.41. The van der Waals surface area contributed by atoms with Gasteiger partial charge in [0.05, 0.1) is 18.1 Å². The van der Waals surface area contributed by atoms with Crippen LogP contribution in [0.15, 0.2) is 51.8 Å². The van der Waals surface area contributed by atoms with E-state index in [0.717, 1.165) is 35.4 Å². The first kappa shape index (κ1) is 20.8. The minimum Gasteiger partial charge on any atom is -0.457 e. The number of carbonyl (C=O) groups excluding carboxylic acids is 2. The van der Waals surface area contributed by atoms with E-state index in [2.05, 4.69) is 10.3 Å². The van der Waals surface area contributed by atoms with Gasteiger partial charge in [0.15, 0.2) is 4.32 Å². The van der Waals surface area contributed by atoms with Gasteiger partial charge in [-0.05, 0) is 24.4 Å². The van der Waals surface area contributed by atoms with E-state index in [9.17, 15) is 9.59 Å². The SMILES string of the molecule is O=C(CCN1CCOCC1)NN1C(=O)/C(=C\c2ccc(-c3ccccc3)o2)SC1=S. The largest absolute Gasteiger partial charge is 0.457 e. The van der Waals surface area contributed by atoms with Gasteiger partial charge >= 0.3 is 0 Å². The molecule has 0 atom stereocenters. The maximum atomic E-state index is 12.7. The number of amides is 2. The van der Waals surface area contributed by atoms with Gasteiger partial charge in [0, 0.05) is 37.7 Å². The fourth-order valence-electron chi connectivity index (χ4n) is 3.15. The number of hydrogen-bond donors (Lipinski definition) is 1. The zero-order valence-electron chi connectivity index (χ0n) is 16.2. The molecule has 0 bridgehead atoms. The second-order valence-corrected chi connectivity index (χ2v) is 8.50. The number of hydrazine groups is 1. The van der Waals surface area contributed by atoms with Crippen LogP contribution >= 0.6 is 24.0 Å². The average molecular weight is 444 g/mol. The highest BCUT2D eigenvalue weighted by molar-refractivity contribution is 8.26. The third kappa shape index (κ3) is 4.99. The maximum absolute atomic E-state index is 12.7. The molecule has 2 saturated heterocycles. The fraction of sp³-hybridized carbons (Fsp3) is 0.286. The van der Waals surface area contributed by atoms with E-state index in [1.165, 1.54) is 0 Å². The van der Waals surface area contributed by atoms with Gasteiger partial charge in [0.2, 0.25) is 5.91 Å². The Bertz CT molecular complexity index is 968. The summed E-state index contributed by atoms with van der Waals surface area (Å²) in [6, 6.07) is 13.4. The molecule has 156 valence electrons. The quantitative estimate of drug-likeness (QED) is 0.544. The van der Waals surface area contributed by atoms with Gasteiger partial charge in [-0.25, -0.2) is 0 Å². The monoisotopic (exact) mass is 443 g/mol. The molecular formula is C21H21N3O4S2. The number of hydrogen-bond acceptors (Lipinski definition) is 7. The smallest absolute Gasteiger partial charge is 0.285 e. The Morgan fingerprint density at radius 2 is 1.93 bits per heavy atom. The maximum Gasteiger partial charge on any atom is 0.285 e. The predicted molar refractivity (Wildman–Crippen MR) is 119 cm³/mol. The average Bonchev–Trinajstić information content (AvgIpc) is 3.34. The molecule has 9 heteroatoms. The van der Waals surface area contributed by atoms with Gasteiger partial charge in [-0.1, -0.05) is 42.1 Å². The molecule has 2 fully saturated rings. The molecule has 30 heavy (non-hydrogen) atoms. The predicted octanol–water partition coefficient (Wildman–Crippen LogP) is 2.90. The second kappa shape index (κ2) is 9.57. The summed E-state index contributed by atoms with van der Waals surface area (Å²) < 4.78 is 11.4. The number of morpholine rings is 1. The van der Waals surface area contributed by atoms with E-state index >= 15 is 0 Å². The second-order valence-electron chi connectivity index (χ2n) is 6.82. The third-order valence-electron chi connectivity index (χ3n) is 4.75. The molecule has 2 aliphatic heterocycles. The molecule has 2 aliphatic rings. The lowest BCUT2D eigenvalue weighted by Gasteiger charge is -2.26. The minimum atomic E-state index is -0.359. The molecule has 1 aromatic heterocycles. The minimum absolute atomic E-state index is 0.247. The van der Waals surface area contributed by atoms with Gasteiger partial charge in [0.25, 0.3) is 5.91 Å². The molecule has 0 spiro atoms. The van der Waals surface area contributed by atoms with Crippen molar-refractivity contribution in [2.24, 2.45) is 0 Å². The van der Waals surface area contributed by atoms with Crippen molar-refractivity contribution in [2.75, 3.05) is 32.8 Å². The summed E-state index contributed by atoms with van der Waals surface area (Å²) in [5, 5.41) is 1.13. The molecule has 2 amide bonds. The zero-order chi connectivity index (χ0) is 20.9. The molecule has 4 rings (SSSR count). The zero-order valence-corrected chi connectivity index (χ0v) is 17.8. The Morgan fingerprint density at radius 1 is 1.17 bits per heavy atom. The Morgan fingerprint density at radius 3 is 2.70 bits per heavy atom. The molecule has 0 saturated carbocycles. The van der Waals surface area contributed by atoms with Crippen LogP contribution in [0.4, 0.5) is 0 Å². The van der Waals surface area contributed by atoms with Crippen LogP contribution in [0.3, 0.4) is 0 Å². The molecule has 0 radical (unpaired) electrons. The van der Waals surface area contributed by atoms with Crippen molar-refractivity contribution in [1.82, 2.24) is 15.3 Å². The first-order valence-corrected chi connectivity index (χ1v) is 10.9. The molecular weight excluding hydrogens is 422 g/mol. The fourth-order valence-corrected chi connectivity index (χ4v) is 4.31. The molecule has 1 aromatic carbocycles. The van der Waals surface area contributed by atoms with Crippen LogP contribution in [0.25, 0.3) is 17.4 Å². The first-order chi connectivity index (χ1) is 14.6. The number of rotatable bonds is 6. The summed E-state index contributed by atoms with van der Waals surface area (Å²) in [5.74, 6) is 0.660. The van der Waals surface area contributed by atoms with Crippen LogP contribution in [-0.4, -0.2) is 58.9 Å². The molecule has 0 aliphatic carbocycles. The van der Waals surface area contributed by atoms with Crippen LogP contribution in [0, 0.1) is 0 Å². The number of nitrogens with zero attached hydrogens (tertiary/aromatic N) is 2. The van der Waals surface area contributed by atoms with E-state index in [1.54, 1.807) is 12.1 Å². The Balaban J connectivity index is 1.36. The normalized spacial score (nSPS) is 18.9. The highest BCUT2D eigenvalue weighted by atomic mass is 32.2. The van der Waals surface area contributed by atoms with Crippen molar-refractivity contribution < 1.29 is 18.7 Å². The molecule has 3 heterocycles. The van der Waals surface area contributed by atoms with Gasteiger partial charge in [-0.2, -0.15) is 5.01 Å². The van der Waals surface area contributed by atoms with E-state index in [0.29, 0.717) is 40.5 Å². The van der Waals surface area contributed by atoms with Crippen molar-refractivity contribution >= 4 is 46.2 Å². The van der Waals surface area contributed by atoms with Crippen molar-refractivity contribution in [3.8, 4) is 11.3 Å².